The molecule has 20 heavy (non-hydrogen) atoms. The Labute approximate surface area is 115 Å². The van der Waals surface area contributed by atoms with Gasteiger partial charge >= 0.3 is 18.0 Å². The number of aliphatic hydroxyl groups is 1. The number of carboxylic acid groups (broad SMARTS) is 1. The van der Waals surface area contributed by atoms with Gasteiger partial charge in [-0.2, -0.15) is 0 Å². The zero-order chi connectivity index (χ0) is 15.3. The van der Waals surface area contributed by atoms with Gasteiger partial charge in [0.2, 0.25) is 0 Å². The molecule has 0 saturated carbocycles. The molecule has 1 aliphatic rings. The van der Waals surface area contributed by atoms with Crippen molar-refractivity contribution in [3.63, 3.8) is 0 Å². The summed E-state index contributed by atoms with van der Waals surface area (Å²) >= 11 is 0. The molecule has 9 heteroatoms. The van der Waals surface area contributed by atoms with Gasteiger partial charge in [0, 0.05) is 6.54 Å². The van der Waals surface area contributed by atoms with E-state index in [9.17, 15) is 19.5 Å². The number of carbonyl (C=O) groups is 3. The van der Waals surface area contributed by atoms with Crippen LogP contribution in [-0.4, -0.2) is 78.1 Å². The first-order valence-corrected chi connectivity index (χ1v) is 6.02. The summed E-state index contributed by atoms with van der Waals surface area (Å²) in [5.41, 5.74) is 0. The Hall–Kier alpha value is -1.87. The fourth-order valence-corrected chi connectivity index (χ4v) is 1.72. The molecule has 3 N–H and O–H groups in total. The fraction of sp³-hybridized carbons (Fsp3) is 0.727. The van der Waals surface area contributed by atoms with Gasteiger partial charge in [-0.3, -0.25) is 0 Å². The number of rotatable bonds is 4. The predicted molar refractivity (Wildman–Crippen MR) is 65.0 cm³/mol. The number of nitrogens with one attached hydrogen (secondary N) is 1. The average molecular weight is 290 g/mol. The summed E-state index contributed by atoms with van der Waals surface area (Å²) in [5, 5.41) is 20.4. The topological polar surface area (TPSA) is 125 Å². The highest BCUT2D eigenvalue weighted by atomic mass is 16.6. The van der Waals surface area contributed by atoms with Crippen molar-refractivity contribution in [3.05, 3.63) is 0 Å². The van der Waals surface area contributed by atoms with Gasteiger partial charge in [0.15, 0.2) is 12.1 Å². The smallest absolute Gasteiger partial charge is 0.336 e. The van der Waals surface area contributed by atoms with Crippen LogP contribution in [0.25, 0.3) is 0 Å². The molecule has 1 unspecified atom stereocenters. The van der Waals surface area contributed by atoms with Crippen LogP contribution in [0.5, 0.6) is 0 Å². The second kappa shape index (κ2) is 7.06. The van der Waals surface area contributed by atoms with Crippen LogP contribution in [0.2, 0.25) is 0 Å². The molecule has 3 atom stereocenters. The Morgan fingerprint density at radius 2 is 2.10 bits per heavy atom. The number of aliphatic hydroxyl groups excluding tert-OH is 1. The zero-order valence-electron chi connectivity index (χ0n) is 11.2. The summed E-state index contributed by atoms with van der Waals surface area (Å²) in [6.07, 6.45) is -2.14. The minimum absolute atomic E-state index is 0.0370. The normalized spacial score (nSPS) is 21.8. The van der Waals surface area contributed by atoms with Gasteiger partial charge in [-0.15, -0.1) is 0 Å². The van der Waals surface area contributed by atoms with Gasteiger partial charge in [0.05, 0.1) is 26.4 Å². The lowest BCUT2D eigenvalue weighted by molar-refractivity contribution is -0.158. The van der Waals surface area contributed by atoms with Crippen LogP contribution in [0.4, 0.5) is 4.79 Å². The molecule has 0 radical (unpaired) electrons. The monoisotopic (exact) mass is 290 g/mol. The second-order valence-electron chi connectivity index (χ2n) is 4.33. The molecule has 2 amide bonds. The average Bonchev–Trinajstić information content (AvgIpc) is 2.42. The van der Waals surface area contributed by atoms with Crippen LogP contribution in [0.1, 0.15) is 6.92 Å². The molecule has 0 aromatic heterocycles. The molecule has 1 saturated heterocycles. The maximum atomic E-state index is 11.9. The zero-order valence-corrected chi connectivity index (χ0v) is 11.2. The summed E-state index contributed by atoms with van der Waals surface area (Å²) in [5.74, 6) is -1.95. The predicted octanol–water partition coefficient (Wildman–Crippen LogP) is -1.60. The number of nitrogens with zero attached hydrogens (tertiary/aromatic N) is 1. The van der Waals surface area contributed by atoms with Crippen LogP contribution in [0.15, 0.2) is 0 Å². The highest BCUT2D eigenvalue weighted by Gasteiger charge is 2.32. The third kappa shape index (κ3) is 4.07. The van der Waals surface area contributed by atoms with E-state index < -0.39 is 36.2 Å². The van der Waals surface area contributed by atoms with Gasteiger partial charge in [0.25, 0.3) is 0 Å². The summed E-state index contributed by atoms with van der Waals surface area (Å²) < 4.78 is 9.67. The van der Waals surface area contributed by atoms with E-state index >= 15 is 0 Å². The van der Waals surface area contributed by atoms with Gasteiger partial charge in [-0.25, -0.2) is 14.4 Å². The number of hydrogen-bond donors (Lipinski definition) is 3. The second-order valence-corrected chi connectivity index (χ2v) is 4.33. The van der Waals surface area contributed by atoms with Gasteiger partial charge in [0.1, 0.15) is 0 Å². The van der Waals surface area contributed by atoms with Gasteiger partial charge in [-0.1, -0.05) is 0 Å². The number of ether oxygens (including phenoxy) is 2. The molecular weight excluding hydrogens is 272 g/mol. The molecule has 1 heterocycles. The molecule has 0 spiro atoms. The van der Waals surface area contributed by atoms with Crippen LogP contribution in [0.3, 0.4) is 0 Å². The van der Waals surface area contributed by atoms with E-state index in [1.807, 2.05) is 0 Å². The quantitative estimate of drug-likeness (QED) is 0.532. The summed E-state index contributed by atoms with van der Waals surface area (Å²) in [6, 6.07) is -2.10. The number of urea groups is 1. The molecule has 114 valence electrons. The maximum absolute atomic E-state index is 11.9. The minimum atomic E-state index is -1.41. The summed E-state index contributed by atoms with van der Waals surface area (Å²) in [6.45, 7) is 1.57. The molecule has 1 aliphatic heterocycles. The van der Waals surface area contributed by atoms with Crippen LogP contribution in [0, 0.1) is 0 Å². The van der Waals surface area contributed by atoms with E-state index in [1.165, 1.54) is 18.9 Å². The van der Waals surface area contributed by atoms with Crippen LogP contribution in [-0.2, 0) is 19.1 Å². The molecule has 9 nitrogen and oxygen atoms in total. The maximum Gasteiger partial charge on any atom is 0.336 e. The van der Waals surface area contributed by atoms with E-state index in [1.54, 1.807) is 0 Å². The van der Waals surface area contributed by atoms with Crippen molar-refractivity contribution in [1.82, 2.24) is 10.2 Å². The molecule has 0 aliphatic carbocycles. The highest BCUT2D eigenvalue weighted by molar-refractivity contribution is 5.83. The van der Waals surface area contributed by atoms with E-state index in [4.69, 9.17) is 9.84 Å². The number of hydrogen-bond acceptors (Lipinski definition) is 6. The number of morpholine rings is 1. The number of carbonyl (C=O) groups excluding carboxylic acids is 2. The first kappa shape index (κ1) is 16.2. The van der Waals surface area contributed by atoms with E-state index in [0.29, 0.717) is 0 Å². The third-order valence-corrected chi connectivity index (χ3v) is 2.85. The lowest BCUT2D eigenvalue weighted by atomic mass is 10.2. The van der Waals surface area contributed by atoms with Crippen molar-refractivity contribution in [2.75, 3.05) is 26.8 Å². The molecular formula is C11H18N2O7. The summed E-state index contributed by atoms with van der Waals surface area (Å²) in [4.78, 5) is 35.4. The Balaban J connectivity index is 2.62. The Morgan fingerprint density at radius 3 is 2.60 bits per heavy atom. The molecule has 1 fully saturated rings. The van der Waals surface area contributed by atoms with Crippen LogP contribution < -0.4 is 5.32 Å². The lowest BCUT2D eigenvalue weighted by Crippen LogP contribution is -2.56. The van der Waals surface area contributed by atoms with E-state index in [-0.39, 0.29) is 19.7 Å². The SMILES string of the molecule is COC(=O)C1CN(C(=O)N[C@H](C(=O)O)[C@@H](C)O)CCO1. The van der Waals surface area contributed by atoms with Crippen molar-refractivity contribution < 1.29 is 34.1 Å². The number of methoxy groups -OCH3 is 1. The standard InChI is InChI=1S/C11H18N2O7/c1-6(14)8(9(15)16)12-11(18)13-3-4-20-7(5-13)10(17)19-2/h6-8,14H,3-5H2,1-2H3,(H,12,18)(H,15,16)/t6-,7?,8+/m1/s1. The number of amides is 2. The molecule has 1 rings (SSSR count). The Kier molecular flexibility index (Phi) is 5.71. The molecule has 0 aromatic carbocycles. The number of aliphatic carboxylic acids is 1. The highest BCUT2D eigenvalue weighted by Crippen LogP contribution is 2.07. The largest absolute Gasteiger partial charge is 0.480 e. The van der Waals surface area contributed by atoms with E-state index in [0.717, 1.165) is 0 Å². The first-order chi connectivity index (χ1) is 9.36. The van der Waals surface area contributed by atoms with E-state index in [2.05, 4.69) is 10.1 Å². The van der Waals surface area contributed by atoms with Crippen LogP contribution >= 0.6 is 0 Å². The third-order valence-electron chi connectivity index (χ3n) is 2.85. The molecule has 0 bridgehead atoms. The van der Waals surface area contributed by atoms with Crippen molar-refractivity contribution >= 4 is 18.0 Å². The number of carboxylic acids is 1. The molecule has 0 aromatic rings. The fourth-order valence-electron chi connectivity index (χ4n) is 1.72. The van der Waals surface area contributed by atoms with Crippen molar-refractivity contribution in [2.45, 2.75) is 25.2 Å². The van der Waals surface area contributed by atoms with Crippen molar-refractivity contribution in [3.8, 4) is 0 Å². The Morgan fingerprint density at radius 1 is 1.45 bits per heavy atom. The lowest BCUT2D eigenvalue weighted by Gasteiger charge is -2.32. The first-order valence-electron chi connectivity index (χ1n) is 6.02. The minimum Gasteiger partial charge on any atom is -0.480 e. The van der Waals surface area contributed by atoms with Crippen molar-refractivity contribution in [1.29, 1.82) is 0 Å². The summed E-state index contributed by atoms with van der Waals surface area (Å²) in [7, 11) is 1.21. The van der Waals surface area contributed by atoms with Gasteiger partial charge in [-0.05, 0) is 6.92 Å². The Bertz CT molecular complexity index is 385. The van der Waals surface area contributed by atoms with Gasteiger partial charge < -0.3 is 29.9 Å². The number of esters is 1. The van der Waals surface area contributed by atoms with Crippen molar-refractivity contribution in [2.24, 2.45) is 0 Å².